The fourth-order valence-electron chi connectivity index (χ4n) is 1.80. The van der Waals surface area contributed by atoms with Crippen LogP contribution < -0.4 is 15.4 Å². The lowest BCUT2D eigenvalue weighted by Gasteiger charge is -2.26. The van der Waals surface area contributed by atoms with Crippen molar-refractivity contribution >= 4 is 5.69 Å². The molecule has 15 heavy (non-hydrogen) atoms. The first-order valence-corrected chi connectivity index (χ1v) is 5.41. The maximum Gasteiger partial charge on any atom is 0.122 e. The van der Waals surface area contributed by atoms with Crippen LogP contribution >= 0.6 is 0 Å². The molecule has 1 aliphatic rings. The molecule has 1 atom stereocenters. The lowest BCUT2D eigenvalue weighted by atomic mass is 10.1. The zero-order valence-electron chi connectivity index (χ0n) is 9.36. The van der Waals surface area contributed by atoms with E-state index in [1.807, 2.05) is 0 Å². The number of anilines is 1. The third-order valence-electron chi connectivity index (χ3n) is 3.08. The standard InChI is InChI=1S/C12H18N2O/c1-9(8-13)14(2)11-3-4-12-10(7-11)5-6-15-12/h3-4,7,9H,5-6,8,13H2,1-2H3. The van der Waals surface area contributed by atoms with E-state index in [-0.39, 0.29) is 0 Å². The van der Waals surface area contributed by atoms with Crippen LogP contribution in [0.2, 0.25) is 0 Å². The summed E-state index contributed by atoms with van der Waals surface area (Å²) < 4.78 is 5.48. The molecule has 0 bridgehead atoms. The number of hydrogen-bond acceptors (Lipinski definition) is 3. The zero-order valence-corrected chi connectivity index (χ0v) is 9.36. The van der Waals surface area contributed by atoms with E-state index in [4.69, 9.17) is 10.5 Å². The highest BCUT2D eigenvalue weighted by Crippen LogP contribution is 2.29. The summed E-state index contributed by atoms with van der Waals surface area (Å²) in [5.74, 6) is 1.03. The molecular formula is C12H18N2O. The minimum atomic E-state index is 0.366. The number of likely N-dealkylation sites (N-methyl/N-ethyl adjacent to an activating group) is 1. The quantitative estimate of drug-likeness (QED) is 0.812. The van der Waals surface area contributed by atoms with E-state index in [9.17, 15) is 0 Å². The van der Waals surface area contributed by atoms with Crippen molar-refractivity contribution in [3.8, 4) is 5.75 Å². The molecule has 3 nitrogen and oxygen atoms in total. The van der Waals surface area contributed by atoms with Gasteiger partial charge in [0.15, 0.2) is 0 Å². The molecule has 0 fully saturated rings. The average Bonchev–Trinajstić information content (AvgIpc) is 2.73. The number of rotatable bonds is 3. The fourth-order valence-corrected chi connectivity index (χ4v) is 1.80. The molecule has 0 spiro atoms. The van der Waals surface area contributed by atoms with E-state index in [0.29, 0.717) is 12.6 Å². The molecular weight excluding hydrogens is 188 g/mol. The summed E-state index contributed by atoms with van der Waals surface area (Å²) in [5.41, 5.74) is 8.19. The minimum Gasteiger partial charge on any atom is -0.493 e. The third kappa shape index (κ3) is 1.92. The Bertz CT molecular complexity index is 351. The number of nitrogens with zero attached hydrogens (tertiary/aromatic N) is 1. The van der Waals surface area contributed by atoms with Gasteiger partial charge in [-0.1, -0.05) is 0 Å². The normalized spacial score (nSPS) is 15.7. The molecule has 1 aliphatic heterocycles. The molecule has 0 saturated carbocycles. The van der Waals surface area contributed by atoms with Crippen LogP contribution in [0.15, 0.2) is 18.2 Å². The van der Waals surface area contributed by atoms with E-state index in [0.717, 1.165) is 18.8 Å². The molecule has 0 saturated heterocycles. The Hall–Kier alpha value is -1.22. The van der Waals surface area contributed by atoms with Gasteiger partial charge in [0.1, 0.15) is 5.75 Å². The summed E-state index contributed by atoms with van der Waals surface area (Å²) in [5, 5.41) is 0. The van der Waals surface area contributed by atoms with Crippen LogP contribution in [-0.4, -0.2) is 26.2 Å². The van der Waals surface area contributed by atoms with Crippen LogP contribution in [0, 0.1) is 0 Å². The van der Waals surface area contributed by atoms with E-state index in [2.05, 4.69) is 37.1 Å². The molecule has 2 N–H and O–H groups in total. The minimum absolute atomic E-state index is 0.366. The Balaban J connectivity index is 2.22. The highest BCUT2D eigenvalue weighted by Gasteiger charge is 2.15. The van der Waals surface area contributed by atoms with Crippen molar-refractivity contribution in [2.45, 2.75) is 19.4 Å². The number of benzene rings is 1. The van der Waals surface area contributed by atoms with Crippen LogP contribution in [0.25, 0.3) is 0 Å². The summed E-state index contributed by atoms with van der Waals surface area (Å²) in [4.78, 5) is 2.21. The van der Waals surface area contributed by atoms with Gasteiger partial charge in [-0.05, 0) is 30.7 Å². The average molecular weight is 206 g/mol. The third-order valence-corrected chi connectivity index (χ3v) is 3.08. The van der Waals surface area contributed by atoms with Gasteiger partial charge in [0.05, 0.1) is 6.61 Å². The van der Waals surface area contributed by atoms with Crippen molar-refractivity contribution in [2.24, 2.45) is 5.73 Å². The largest absolute Gasteiger partial charge is 0.493 e. The number of nitrogens with two attached hydrogens (primary N) is 1. The van der Waals surface area contributed by atoms with Gasteiger partial charge < -0.3 is 15.4 Å². The molecule has 0 aliphatic carbocycles. The van der Waals surface area contributed by atoms with Crippen molar-refractivity contribution < 1.29 is 4.74 Å². The van der Waals surface area contributed by atoms with Crippen LogP contribution in [-0.2, 0) is 6.42 Å². The smallest absolute Gasteiger partial charge is 0.122 e. The molecule has 2 rings (SSSR count). The Morgan fingerprint density at radius 3 is 3.07 bits per heavy atom. The van der Waals surface area contributed by atoms with Gasteiger partial charge in [0, 0.05) is 31.7 Å². The molecule has 1 unspecified atom stereocenters. The van der Waals surface area contributed by atoms with Crippen molar-refractivity contribution in [3.63, 3.8) is 0 Å². The molecule has 0 amide bonds. The predicted octanol–water partition coefficient (Wildman–Crippen LogP) is 1.40. The van der Waals surface area contributed by atoms with Gasteiger partial charge in [-0.2, -0.15) is 0 Å². The number of fused-ring (bicyclic) bond motifs is 1. The predicted molar refractivity (Wildman–Crippen MR) is 62.6 cm³/mol. The van der Waals surface area contributed by atoms with Crippen LogP contribution in [0.4, 0.5) is 5.69 Å². The summed E-state index contributed by atoms with van der Waals surface area (Å²) in [6.07, 6.45) is 1.02. The first-order valence-electron chi connectivity index (χ1n) is 5.41. The summed E-state index contributed by atoms with van der Waals surface area (Å²) >= 11 is 0. The van der Waals surface area contributed by atoms with Gasteiger partial charge in [0.25, 0.3) is 0 Å². The Labute approximate surface area is 90.8 Å². The molecule has 0 aromatic heterocycles. The summed E-state index contributed by atoms with van der Waals surface area (Å²) in [7, 11) is 2.08. The topological polar surface area (TPSA) is 38.5 Å². The van der Waals surface area contributed by atoms with E-state index in [1.165, 1.54) is 11.3 Å². The number of ether oxygens (including phenoxy) is 1. The molecule has 1 heterocycles. The van der Waals surface area contributed by atoms with Crippen LogP contribution in [0.5, 0.6) is 5.75 Å². The molecule has 82 valence electrons. The number of hydrogen-bond donors (Lipinski definition) is 1. The highest BCUT2D eigenvalue weighted by molar-refractivity contribution is 5.54. The zero-order chi connectivity index (χ0) is 10.8. The van der Waals surface area contributed by atoms with Crippen LogP contribution in [0.3, 0.4) is 0 Å². The second-order valence-corrected chi connectivity index (χ2v) is 4.09. The van der Waals surface area contributed by atoms with Crippen molar-refractivity contribution in [3.05, 3.63) is 23.8 Å². The first-order chi connectivity index (χ1) is 7.22. The molecule has 1 aromatic rings. The van der Waals surface area contributed by atoms with Crippen LogP contribution in [0.1, 0.15) is 12.5 Å². The van der Waals surface area contributed by atoms with Crippen molar-refractivity contribution in [1.29, 1.82) is 0 Å². The van der Waals surface area contributed by atoms with E-state index >= 15 is 0 Å². The maximum absolute atomic E-state index is 5.66. The maximum atomic E-state index is 5.66. The van der Waals surface area contributed by atoms with Gasteiger partial charge in [0.2, 0.25) is 0 Å². The summed E-state index contributed by atoms with van der Waals surface area (Å²) in [6.45, 7) is 3.61. The van der Waals surface area contributed by atoms with E-state index in [1.54, 1.807) is 0 Å². The van der Waals surface area contributed by atoms with Gasteiger partial charge in [-0.15, -0.1) is 0 Å². The van der Waals surface area contributed by atoms with Gasteiger partial charge >= 0.3 is 0 Å². The molecule has 1 aromatic carbocycles. The fraction of sp³-hybridized carbons (Fsp3) is 0.500. The lowest BCUT2D eigenvalue weighted by Crippen LogP contribution is -2.35. The monoisotopic (exact) mass is 206 g/mol. The second-order valence-electron chi connectivity index (χ2n) is 4.09. The molecule has 0 radical (unpaired) electrons. The Morgan fingerprint density at radius 2 is 2.33 bits per heavy atom. The Kier molecular flexibility index (Phi) is 2.82. The van der Waals surface area contributed by atoms with E-state index < -0.39 is 0 Å². The highest BCUT2D eigenvalue weighted by atomic mass is 16.5. The van der Waals surface area contributed by atoms with Crippen molar-refractivity contribution in [1.82, 2.24) is 0 Å². The first kappa shape index (κ1) is 10.3. The molecule has 3 heteroatoms. The lowest BCUT2D eigenvalue weighted by molar-refractivity contribution is 0.357. The van der Waals surface area contributed by atoms with Crippen molar-refractivity contribution in [2.75, 3.05) is 25.1 Å². The van der Waals surface area contributed by atoms with Gasteiger partial charge in [-0.3, -0.25) is 0 Å². The Morgan fingerprint density at radius 1 is 1.53 bits per heavy atom. The second kappa shape index (κ2) is 4.11. The summed E-state index contributed by atoms with van der Waals surface area (Å²) in [6, 6.07) is 6.72. The SMILES string of the molecule is CC(CN)N(C)c1ccc2c(c1)CCO2. The van der Waals surface area contributed by atoms with Gasteiger partial charge in [-0.25, -0.2) is 0 Å².